The molecule has 1 aromatic carbocycles. The van der Waals surface area contributed by atoms with Gasteiger partial charge < -0.3 is 15.4 Å². The quantitative estimate of drug-likeness (QED) is 0.695. The molecule has 1 atom stereocenters. The smallest absolute Gasteiger partial charge is 0.387 e. The van der Waals surface area contributed by atoms with E-state index in [0.29, 0.717) is 17.3 Å². The summed E-state index contributed by atoms with van der Waals surface area (Å²) < 4.78 is 28.7. The van der Waals surface area contributed by atoms with Gasteiger partial charge in [0.05, 0.1) is 4.88 Å². The summed E-state index contributed by atoms with van der Waals surface area (Å²) in [4.78, 5) is 13.8. The molecule has 0 saturated carbocycles. The predicted molar refractivity (Wildman–Crippen MR) is 106 cm³/mol. The monoisotopic (exact) mass is 416 g/mol. The van der Waals surface area contributed by atoms with E-state index in [-0.39, 0.29) is 24.1 Å². The SMILES string of the molecule is Cl.O=C(NCCC1CCCNC1)c1ccc(-c2ccc(OC(F)F)cc2)s1. The van der Waals surface area contributed by atoms with Crippen molar-refractivity contribution in [2.45, 2.75) is 25.9 Å². The molecule has 1 aliphatic rings. The van der Waals surface area contributed by atoms with Gasteiger partial charge in [0.1, 0.15) is 5.75 Å². The summed E-state index contributed by atoms with van der Waals surface area (Å²) >= 11 is 1.39. The van der Waals surface area contributed by atoms with Crippen LogP contribution in [0.15, 0.2) is 36.4 Å². The van der Waals surface area contributed by atoms with Crippen LogP contribution in [0.5, 0.6) is 5.75 Å². The van der Waals surface area contributed by atoms with E-state index < -0.39 is 6.61 Å². The van der Waals surface area contributed by atoms with Crippen LogP contribution in [0.1, 0.15) is 28.9 Å². The van der Waals surface area contributed by atoms with E-state index in [4.69, 9.17) is 0 Å². The summed E-state index contributed by atoms with van der Waals surface area (Å²) in [6.45, 7) is -0.0272. The largest absolute Gasteiger partial charge is 0.435 e. The molecule has 1 aromatic heterocycles. The van der Waals surface area contributed by atoms with Crippen LogP contribution >= 0.6 is 23.7 Å². The number of carbonyl (C=O) groups excluding carboxylic acids is 1. The fraction of sp³-hybridized carbons (Fsp3) is 0.421. The van der Waals surface area contributed by atoms with Gasteiger partial charge in [0.2, 0.25) is 0 Å². The Kier molecular flexibility index (Phi) is 8.47. The van der Waals surface area contributed by atoms with Gasteiger partial charge >= 0.3 is 6.61 Å². The number of hydrogen-bond acceptors (Lipinski definition) is 4. The van der Waals surface area contributed by atoms with Crippen molar-refractivity contribution in [3.05, 3.63) is 41.3 Å². The summed E-state index contributed by atoms with van der Waals surface area (Å²) in [6.07, 6.45) is 3.41. The van der Waals surface area contributed by atoms with Crippen molar-refractivity contribution in [3.8, 4) is 16.2 Å². The minimum absolute atomic E-state index is 0. The molecule has 0 aliphatic carbocycles. The molecular weight excluding hydrogens is 394 g/mol. The molecule has 2 heterocycles. The zero-order chi connectivity index (χ0) is 18.4. The maximum atomic E-state index is 12.3. The summed E-state index contributed by atoms with van der Waals surface area (Å²) in [5.41, 5.74) is 0.865. The van der Waals surface area contributed by atoms with E-state index in [0.717, 1.165) is 30.0 Å². The molecule has 3 rings (SSSR count). The molecule has 27 heavy (non-hydrogen) atoms. The molecule has 1 unspecified atom stereocenters. The maximum Gasteiger partial charge on any atom is 0.387 e. The highest BCUT2D eigenvalue weighted by molar-refractivity contribution is 7.17. The van der Waals surface area contributed by atoms with Crippen LogP contribution in [-0.4, -0.2) is 32.2 Å². The summed E-state index contributed by atoms with van der Waals surface area (Å²) in [7, 11) is 0. The fourth-order valence-corrected chi connectivity index (χ4v) is 3.99. The summed E-state index contributed by atoms with van der Waals surface area (Å²) in [6, 6.07) is 10.1. The standard InChI is InChI=1S/C19H22F2N2O2S.ClH/c20-19(21)25-15-5-3-14(4-6-15)16-7-8-17(26-16)18(24)23-11-9-13-2-1-10-22-12-13;/h3-8,13,19,22H,1-2,9-12H2,(H,23,24);1H. The van der Waals surface area contributed by atoms with Crippen molar-refractivity contribution in [1.29, 1.82) is 0 Å². The van der Waals surface area contributed by atoms with Gasteiger partial charge in [0, 0.05) is 11.4 Å². The summed E-state index contributed by atoms with van der Waals surface area (Å²) in [5.74, 6) is 0.690. The van der Waals surface area contributed by atoms with Gasteiger partial charge in [-0.1, -0.05) is 0 Å². The van der Waals surface area contributed by atoms with Crippen LogP contribution in [0.25, 0.3) is 10.4 Å². The van der Waals surface area contributed by atoms with Gasteiger partial charge in [-0.15, -0.1) is 23.7 Å². The van der Waals surface area contributed by atoms with Crippen molar-refractivity contribution in [1.82, 2.24) is 10.6 Å². The Hall–Kier alpha value is -1.70. The molecular formula is C19H23ClF2N2O2S. The molecule has 0 bridgehead atoms. The number of thiophene rings is 1. The first-order chi connectivity index (χ1) is 12.6. The second-order valence-electron chi connectivity index (χ2n) is 6.32. The summed E-state index contributed by atoms with van der Waals surface area (Å²) in [5, 5.41) is 6.36. The van der Waals surface area contributed by atoms with Gasteiger partial charge in [-0.3, -0.25) is 4.79 Å². The molecule has 148 valence electrons. The number of rotatable bonds is 7. The number of halogens is 3. The third-order valence-electron chi connectivity index (χ3n) is 4.43. The zero-order valence-corrected chi connectivity index (χ0v) is 16.4. The number of benzene rings is 1. The molecule has 1 fully saturated rings. The molecule has 2 aromatic rings. The maximum absolute atomic E-state index is 12.3. The average Bonchev–Trinajstić information content (AvgIpc) is 3.13. The van der Waals surface area contributed by atoms with Crippen LogP contribution in [0, 0.1) is 5.92 Å². The Morgan fingerprint density at radius 2 is 2.04 bits per heavy atom. The van der Waals surface area contributed by atoms with Crippen molar-refractivity contribution < 1.29 is 18.3 Å². The van der Waals surface area contributed by atoms with E-state index in [9.17, 15) is 13.6 Å². The number of ether oxygens (including phenoxy) is 1. The number of piperidine rings is 1. The first kappa shape index (κ1) is 21.6. The molecule has 8 heteroatoms. The minimum atomic E-state index is -2.83. The Balaban J connectivity index is 0.00000261. The van der Waals surface area contributed by atoms with E-state index in [1.54, 1.807) is 18.2 Å². The van der Waals surface area contributed by atoms with Crippen LogP contribution in [-0.2, 0) is 0 Å². The number of amides is 1. The lowest BCUT2D eigenvalue weighted by molar-refractivity contribution is -0.0498. The second-order valence-corrected chi connectivity index (χ2v) is 7.41. The Morgan fingerprint density at radius 1 is 1.26 bits per heavy atom. The van der Waals surface area contributed by atoms with E-state index in [2.05, 4.69) is 15.4 Å². The third kappa shape index (κ3) is 6.45. The molecule has 4 nitrogen and oxygen atoms in total. The van der Waals surface area contributed by atoms with Gasteiger partial charge in [-0.2, -0.15) is 8.78 Å². The van der Waals surface area contributed by atoms with Crippen LogP contribution in [0.2, 0.25) is 0 Å². The van der Waals surface area contributed by atoms with Crippen molar-refractivity contribution in [2.24, 2.45) is 5.92 Å². The van der Waals surface area contributed by atoms with Gasteiger partial charge in [0.15, 0.2) is 0 Å². The van der Waals surface area contributed by atoms with Gasteiger partial charge in [0.25, 0.3) is 5.91 Å². The first-order valence-electron chi connectivity index (χ1n) is 8.76. The van der Waals surface area contributed by atoms with Gasteiger partial charge in [-0.25, -0.2) is 0 Å². The normalized spacial score (nSPS) is 16.6. The van der Waals surface area contributed by atoms with Crippen LogP contribution < -0.4 is 15.4 Å². The van der Waals surface area contributed by atoms with E-state index in [1.807, 2.05) is 6.07 Å². The number of nitrogens with one attached hydrogen (secondary N) is 2. The molecule has 1 amide bonds. The van der Waals surface area contributed by atoms with Crippen molar-refractivity contribution >= 4 is 29.7 Å². The van der Waals surface area contributed by atoms with E-state index in [1.165, 1.54) is 36.3 Å². The highest BCUT2D eigenvalue weighted by Gasteiger charge is 2.14. The predicted octanol–water partition coefficient (Wildman–Crippen LogP) is 4.56. The Morgan fingerprint density at radius 3 is 2.70 bits per heavy atom. The number of alkyl halides is 2. The lowest BCUT2D eigenvalue weighted by Crippen LogP contribution is -2.33. The topological polar surface area (TPSA) is 50.4 Å². The minimum Gasteiger partial charge on any atom is -0.435 e. The van der Waals surface area contributed by atoms with Crippen molar-refractivity contribution in [3.63, 3.8) is 0 Å². The third-order valence-corrected chi connectivity index (χ3v) is 5.56. The lowest BCUT2D eigenvalue weighted by atomic mass is 9.96. The molecule has 1 saturated heterocycles. The zero-order valence-electron chi connectivity index (χ0n) is 14.8. The Labute approximate surface area is 167 Å². The number of carbonyl (C=O) groups is 1. The average molecular weight is 417 g/mol. The molecule has 0 radical (unpaired) electrons. The molecule has 1 aliphatic heterocycles. The first-order valence-corrected chi connectivity index (χ1v) is 9.57. The van der Waals surface area contributed by atoms with Crippen molar-refractivity contribution in [2.75, 3.05) is 19.6 Å². The lowest BCUT2D eigenvalue weighted by Gasteiger charge is -2.22. The number of hydrogen-bond donors (Lipinski definition) is 2. The van der Waals surface area contributed by atoms with Crippen LogP contribution in [0.3, 0.4) is 0 Å². The highest BCUT2D eigenvalue weighted by Crippen LogP contribution is 2.29. The second kappa shape index (κ2) is 10.6. The Bertz CT molecular complexity index is 719. The van der Waals surface area contributed by atoms with Crippen LogP contribution in [0.4, 0.5) is 8.78 Å². The molecule has 0 spiro atoms. The molecule has 2 N–H and O–H groups in total. The highest BCUT2D eigenvalue weighted by atomic mass is 35.5. The fourth-order valence-electron chi connectivity index (χ4n) is 3.06. The van der Waals surface area contributed by atoms with E-state index >= 15 is 0 Å². The van der Waals surface area contributed by atoms with Gasteiger partial charge in [-0.05, 0) is 80.2 Å².